The predicted octanol–water partition coefficient (Wildman–Crippen LogP) is 6.65. The number of halogens is 3. The van der Waals surface area contributed by atoms with Gasteiger partial charge in [0.15, 0.2) is 0 Å². The molecular weight excluding hydrogens is 351 g/mol. The van der Waals surface area contributed by atoms with Gasteiger partial charge in [-0.05, 0) is 34.6 Å². The van der Waals surface area contributed by atoms with Gasteiger partial charge in [0.1, 0.15) is 5.82 Å². The Morgan fingerprint density at radius 1 is 1.14 bits per heavy atom. The van der Waals surface area contributed by atoms with Gasteiger partial charge in [0, 0.05) is 0 Å². The average molecular weight is 370 g/mol. The third kappa shape index (κ3) is 3.49. The number of hydrogen-bond donors (Lipinski definition) is 0. The molecule has 0 aliphatic heterocycles. The van der Waals surface area contributed by atoms with E-state index < -0.39 is 0 Å². The molecule has 21 heavy (non-hydrogen) atoms. The number of benzene rings is 2. The fourth-order valence-electron chi connectivity index (χ4n) is 2.20. The van der Waals surface area contributed by atoms with Crippen LogP contribution in [0, 0.1) is 5.82 Å². The topological polar surface area (TPSA) is 0 Å². The molecule has 1 atom stereocenters. The number of alkyl halides is 1. The second kappa shape index (κ2) is 6.50. The molecule has 2 aromatic carbocycles. The molecule has 0 fully saturated rings. The van der Waals surface area contributed by atoms with Crippen LogP contribution < -0.4 is 0 Å². The zero-order valence-electron chi connectivity index (χ0n) is 12.5. The summed E-state index contributed by atoms with van der Waals surface area (Å²) in [6.07, 6.45) is 1.08. The van der Waals surface area contributed by atoms with E-state index in [0.29, 0.717) is 0 Å². The zero-order chi connectivity index (χ0) is 15.6. The van der Waals surface area contributed by atoms with Crippen LogP contribution in [0.1, 0.15) is 48.7 Å². The first-order chi connectivity index (χ1) is 9.86. The Morgan fingerprint density at radius 2 is 1.76 bits per heavy atom. The highest BCUT2D eigenvalue weighted by molar-refractivity contribution is 9.09. The highest BCUT2D eigenvalue weighted by atomic mass is 79.9. The van der Waals surface area contributed by atoms with Crippen molar-refractivity contribution in [1.82, 2.24) is 0 Å². The van der Waals surface area contributed by atoms with Crippen molar-refractivity contribution in [3.8, 4) is 0 Å². The van der Waals surface area contributed by atoms with Gasteiger partial charge in [-0.25, -0.2) is 4.39 Å². The lowest BCUT2D eigenvalue weighted by Crippen LogP contribution is -2.15. The molecule has 0 aliphatic carbocycles. The van der Waals surface area contributed by atoms with Crippen LogP contribution in [0.3, 0.4) is 0 Å². The minimum Gasteiger partial charge on any atom is -0.205 e. The fraction of sp³-hybridized carbons (Fsp3) is 0.333. The van der Waals surface area contributed by atoms with Crippen LogP contribution in [-0.4, -0.2) is 0 Å². The molecule has 0 nitrogen and oxygen atoms in total. The maximum Gasteiger partial charge on any atom is 0.142 e. The summed E-state index contributed by atoms with van der Waals surface area (Å²) >= 11 is 9.68. The molecule has 0 aliphatic rings. The monoisotopic (exact) mass is 368 g/mol. The van der Waals surface area contributed by atoms with Crippen molar-refractivity contribution in [1.29, 1.82) is 0 Å². The number of rotatable bonds is 4. The molecule has 0 radical (unpaired) electrons. The van der Waals surface area contributed by atoms with E-state index in [1.165, 1.54) is 11.6 Å². The van der Waals surface area contributed by atoms with Crippen molar-refractivity contribution >= 4 is 27.5 Å². The molecule has 0 bridgehead atoms. The van der Waals surface area contributed by atoms with Crippen molar-refractivity contribution in [3.05, 3.63) is 70.0 Å². The first kappa shape index (κ1) is 16.5. The van der Waals surface area contributed by atoms with Crippen LogP contribution in [0.25, 0.3) is 0 Å². The van der Waals surface area contributed by atoms with E-state index >= 15 is 0 Å². The first-order valence-electron chi connectivity index (χ1n) is 7.05. The quantitative estimate of drug-likeness (QED) is 0.529. The molecular formula is C18H19BrClF. The van der Waals surface area contributed by atoms with E-state index in [4.69, 9.17) is 11.6 Å². The number of hydrogen-bond acceptors (Lipinski definition) is 0. The summed E-state index contributed by atoms with van der Waals surface area (Å²) in [5.41, 5.74) is 3.28. The van der Waals surface area contributed by atoms with E-state index in [9.17, 15) is 4.39 Å². The van der Waals surface area contributed by atoms with Crippen LogP contribution >= 0.6 is 27.5 Å². The van der Waals surface area contributed by atoms with E-state index in [1.807, 2.05) is 6.07 Å². The Kier molecular flexibility index (Phi) is 5.11. The molecule has 0 saturated heterocycles. The van der Waals surface area contributed by atoms with E-state index in [2.05, 4.69) is 61.0 Å². The van der Waals surface area contributed by atoms with E-state index in [1.54, 1.807) is 6.07 Å². The second-order valence-corrected chi connectivity index (χ2v) is 7.16. The van der Waals surface area contributed by atoms with Gasteiger partial charge in [-0.3, -0.25) is 0 Å². The Labute approximate surface area is 139 Å². The molecule has 112 valence electrons. The predicted molar refractivity (Wildman–Crippen MR) is 91.9 cm³/mol. The van der Waals surface area contributed by atoms with Gasteiger partial charge in [0.05, 0.1) is 9.85 Å². The highest BCUT2D eigenvalue weighted by Gasteiger charge is 2.20. The zero-order valence-corrected chi connectivity index (χ0v) is 14.8. The molecule has 1 unspecified atom stereocenters. The van der Waals surface area contributed by atoms with Crippen LogP contribution in [-0.2, 0) is 5.41 Å². The van der Waals surface area contributed by atoms with Gasteiger partial charge in [-0.15, -0.1) is 0 Å². The van der Waals surface area contributed by atoms with Crippen molar-refractivity contribution in [2.24, 2.45) is 0 Å². The summed E-state index contributed by atoms with van der Waals surface area (Å²) in [5.74, 6) is -0.387. The van der Waals surface area contributed by atoms with Crippen molar-refractivity contribution < 1.29 is 4.39 Å². The largest absolute Gasteiger partial charge is 0.205 e. The normalized spacial score (nSPS) is 13.2. The Morgan fingerprint density at radius 3 is 2.33 bits per heavy atom. The Balaban J connectivity index is 2.32. The molecule has 2 aromatic rings. The van der Waals surface area contributed by atoms with Crippen molar-refractivity contribution in [2.75, 3.05) is 0 Å². The molecule has 0 N–H and O–H groups in total. The third-order valence-corrected chi connectivity index (χ3v) is 5.54. The van der Waals surface area contributed by atoms with Crippen LogP contribution in [0.5, 0.6) is 0 Å². The van der Waals surface area contributed by atoms with E-state index in [0.717, 1.165) is 17.5 Å². The smallest absolute Gasteiger partial charge is 0.142 e. The minimum absolute atomic E-state index is 0.112. The van der Waals surface area contributed by atoms with E-state index in [-0.39, 0.29) is 21.1 Å². The van der Waals surface area contributed by atoms with Crippen molar-refractivity contribution in [2.45, 2.75) is 37.4 Å². The summed E-state index contributed by atoms with van der Waals surface area (Å²) in [6, 6.07) is 13.3. The SMILES string of the molecule is CCC(C)(C)c1ccc(C(Br)c2cccc(F)c2Cl)cc1. The first-order valence-corrected chi connectivity index (χ1v) is 8.34. The van der Waals surface area contributed by atoms with Gasteiger partial charge in [-0.2, -0.15) is 0 Å². The molecule has 3 heteroatoms. The highest BCUT2D eigenvalue weighted by Crippen LogP contribution is 2.37. The van der Waals surface area contributed by atoms with Gasteiger partial charge in [0.2, 0.25) is 0 Å². The van der Waals surface area contributed by atoms with Crippen LogP contribution in [0.15, 0.2) is 42.5 Å². The molecule has 0 saturated carbocycles. The standard InChI is InChI=1S/C18H19BrClF/c1-4-18(2,3)13-10-8-12(9-11-13)16(19)14-6-5-7-15(21)17(14)20/h5-11,16H,4H2,1-3H3. The molecule has 0 amide bonds. The molecule has 0 aromatic heterocycles. The lowest BCUT2D eigenvalue weighted by molar-refractivity contribution is 0.506. The minimum atomic E-state index is -0.387. The summed E-state index contributed by atoms with van der Waals surface area (Å²) in [4.78, 5) is -0.112. The Hall–Kier alpha value is -0.860. The maximum atomic E-state index is 13.6. The van der Waals surface area contributed by atoms with Gasteiger partial charge >= 0.3 is 0 Å². The Bertz CT molecular complexity index is 620. The van der Waals surface area contributed by atoms with Gasteiger partial charge < -0.3 is 0 Å². The summed E-state index contributed by atoms with van der Waals surface area (Å²) in [6.45, 7) is 6.65. The maximum absolute atomic E-state index is 13.6. The molecule has 0 spiro atoms. The third-order valence-electron chi connectivity index (χ3n) is 4.12. The summed E-state index contributed by atoms with van der Waals surface area (Å²) in [5, 5.41) is 0.178. The van der Waals surface area contributed by atoms with Gasteiger partial charge in [0.25, 0.3) is 0 Å². The van der Waals surface area contributed by atoms with Crippen LogP contribution in [0.2, 0.25) is 5.02 Å². The summed E-state index contributed by atoms with van der Waals surface area (Å²) in [7, 11) is 0. The second-order valence-electron chi connectivity index (χ2n) is 5.87. The molecule has 0 heterocycles. The lowest BCUT2D eigenvalue weighted by Gasteiger charge is -2.24. The fourth-order valence-corrected chi connectivity index (χ4v) is 3.26. The average Bonchev–Trinajstić information content (AvgIpc) is 2.49. The van der Waals surface area contributed by atoms with Gasteiger partial charge in [-0.1, -0.05) is 84.7 Å². The van der Waals surface area contributed by atoms with Crippen LogP contribution in [0.4, 0.5) is 4.39 Å². The summed E-state index contributed by atoms with van der Waals surface area (Å²) < 4.78 is 13.6. The lowest BCUT2D eigenvalue weighted by atomic mass is 9.82. The molecule has 2 rings (SSSR count). The van der Waals surface area contributed by atoms with Crippen molar-refractivity contribution in [3.63, 3.8) is 0 Å².